The zero-order chi connectivity index (χ0) is 35.7. The molecule has 270 valence electrons. The topological polar surface area (TPSA) is 123 Å². The predicted octanol–water partition coefficient (Wildman–Crippen LogP) is 4.30. The molecule has 13 heteroatoms. The van der Waals surface area contributed by atoms with E-state index in [1.54, 1.807) is 18.1 Å². The van der Waals surface area contributed by atoms with Crippen LogP contribution in [0.25, 0.3) is 0 Å². The fourth-order valence-corrected chi connectivity index (χ4v) is 8.51. The Balaban J connectivity index is 0.887. The summed E-state index contributed by atoms with van der Waals surface area (Å²) < 4.78 is 1.23. The molecule has 5 heterocycles. The number of amides is 4. The molecule has 4 aliphatic rings. The lowest BCUT2D eigenvalue weighted by atomic mass is 9.71. The normalized spacial score (nSPS) is 22.6. The van der Waals surface area contributed by atoms with E-state index in [9.17, 15) is 19.2 Å². The number of hydrogen-bond donors (Lipinski definition) is 2. The number of carbonyl (C=O) groups excluding carboxylic acids is 3. The van der Waals surface area contributed by atoms with Crippen molar-refractivity contribution < 1.29 is 14.4 Å². The summed E-state index contributed by atoms with van der Waals surface area (Å²) in [5, 5.41) is 10.1. The van der Waals surface area contributed by atoms with E-state index in [0.717, 1.165) is 82.5 Å². The van der Waals surface area contributed by atoms with E-state index in [1.165, 1.54) is 15.9 Å². The van der Waals surface area contributed by atoms with E-state index in [0.29, 0.717) is 25.2 Å². The zero-order valence-electron chi connectivity index (χ0n) is 29.4. The molecule has 4 amide bonds. The quantitative estimate of drug-likeness (QED) is 0.372. The van der Waals surface area contributed by atoms with Crippen molar-refractivity contribution in [3.8, 4) is 0 Å². The van der Waals surface area contributed by atoms with Gasteiger partial charge < -0.3 is 24.9 Å². The Morgan fingerprint density at radius 1 is 0.922 bits per heavy atom. The Labute approximate surface area is 303 Å². The molecule has 1 aromatic heterocycles. The molecule has 2 N–H and O–H groups in total. The predicted molar refractivity (Wildman–Crippen MR) is 197 cm³/mol. The van der Waals surface area contributed by atoms with Crippen molar-refractivity contribution in [3.63, 3.8) is 0 Å². The van der Waals surface area contributed by atoms with Gasteiger partial charge >= 0.3 is 6.03 Å². The number of nitrogens with one attached hydrogen (secondary N) is 2. The number of urea groups is 1. The fourth-order valence-electron chi connectivity index (χ4n) is 8.28. The van der Waals surface area contributed by atoms with Crippen LogP contribution in [0.4, 0.5) is 16.2 Å². The monoisotopic (exact) mass is 714 g/mol. The van der Waals surface area contributed by atoms with Gasteiger partial charge in [0.05, 0.1) is 11.9 Å². The number of imide groups is 1. The molecule has 3 aromatic rings. The second kappa shape index (κ2) is 14.7. The second-order valence-electron chi connectivity index (χ2n) is 14.9. The van der Waals surface area contributed by atoms with Crippen molar-refractivity contribution in [1.82, 2.24) is 29.8 Å². The third-order valence-corrected chi connectivity index (χ3v) is 11.8. The number of hydrogen-bond acceptors (Lipinski definition) is 8. The van der Waals surface area contributed by atoms with Crippen molar-refractivity contribution in [2.75, 3.05) is 63.1 Å². The standard InChI is InChI=1S/C38H47ClN8O4/c1-43-24-29(21-30(25-43)41-32-22-40-44(2)36(50)34(32)39)27-5-7-28(8-6-27)35(49)46-19-14-38(15-20-46)12-17-45(18-13-38)31-9-3-26(4-10-31)23-47-16-11-33(48)42-37(47)51/h3-10,22,29-30,41H,11-21,23-25H2,1-2H3,(H,42,48,51)/t29-,30+/m1/s1. The Kier molecular flexibility index (Phi) is 10.1. The molecular weight excluding hydrogens is 668 g/mol. The van der Waals surface area contributed by atoms with Crippen LogP contribution in [0, 0.1) is 5.41 Å². The highest BCUT2D eigenvalue weighted by Crippen LogP contribution is 2.42. The van der Waals surface area contributed by atoms with E-state index >= 15 is 0 Å². The van der Waals surface area contributed by atoms with E-state index < -0.39 is 0 Å². The van der Waals surface area contributed by atoms with Crippen molar-refractivity contribution >= 4 is 40.8 Å². The number of nitrogens with zero attached hydrogens (tertiary/aromatic N) is 6. The Hall–Kier alpha value is -4.42. The maximum atomic E-state index is 13.6. The van der Waals surface area contributed by atoms with Crippen molar-refractivity contribution in [2.24, 2.45) is 12.5 Å². The van der Waals surface area contributed by atoms with E-state index in [4.69, 9.17) is 11.6 Å². The SMILES string of the molecule is CN1C[C@@H](Nc2cnn(C)c(=O)c2Cl)C[C@@H](c2ccc(C(=O)N3CCC4(CC3)CCN(c3ccc(CN5CCC(=O)NC5=O)cc3)CC4)cc2)C1. The van der Waals surface area contributed by atoms with Crippen molar-refractivity contribution in [1.29, 1.82) is 0 Å². The molecule has 0 bridgehead atoms. The van der Waals surface area contributed by atoms with Crippen LogP contribution in [0.15, 0.2) is 59.5 Å². The van der Waals surface area contributed by atoms with Gasteiger partial charge in [-0.1, -0.05) is 35.9 Å². The van der Waals surface area contributed by atoms with Gasteiger partial charge in [0.1, 0.15) is 5.02 Å². The lowest BCUT2D eigenvalue weighted by Gasteiger charge is -2.47. The first-order valence-corrected chi connectivity index (χ1v) is 18.4. The fraction of sp³-hybridized carbons (Fsp3) is 0.500. The summed E-state index contributed by atoms with van der Waals surface area (Å²) in [7, 11) is 3.68. The minimum Gasteiger partial charge on any atom is -0.378 e. The lowest BCUT2D eigenvalue weighted by molar-refractivity contribution is -0.121. The summed E-state index contributed by atoms with van der Waals surface area (Å²) in [5.41, 5.74) is 4.69. The van der Waals surface area contributed by atoms with Crippen LogP contribution >= 0.6 is 11.6 Å². The Bertz CT molecular complexity index is 1810. The van der Waals surface area contributed by atoms with Gasteiger partial charge in [0, 0.05) is 83.1 Å². The number of aromatic nitrogens is 2. The van der Waals surface area contributed by atoms with Crippen LogP contribution in [0.2, 0.25) is 5.02 Å². The highest BCUT2D eigenvalue weighted by atomic mass is 35.5. The van der Waals surface area contributed by atoms with Gasteiger partial charge in [0.25, 0.3) is 11.5 Å². The molecule has 7 rings (SSSR count). The number of carbonyl (C=O) groups is 3. The van der Waals surface area contributed by atoms with Crippen LogP contribution < -0.4 is 21.1 Å². The van der Waals surface area contributed by atoms with Gasteiger partial charge in [0.2, 0.25) is 5.91 Å². The smallest absolute Gasteiger partial charge is 0.324 e. The minimum absolute atomic E-state index is 0.102. The summed E-state index contributed by atoms with van der Waals surface area (Å²) in [5.74, 6) is 0.170. The van der Waals surface area contributed by atoms with E-state index in [1.807, 2.05) is 17.0 Å². The second-order valence-corrected chi connectivity index (χ2v) is 15.3. The summed E-state index contributed by atoms with van der Waals surface area (Å²) >= 11 is 6.32. The summed E-state index contributed by atoms with van der Waals surface area (Å²) in [6.07, 6.45) is 7.11. The average molecular weight is 715 g/mol. The largest absolute Gasteiger partial charge is 0.378 e. The summed E-state index contributed by atoms with van der Waals surface area (Å²) in [6, 6.07) is 16.4. The van der Waals surface area contributed by atoms with E-state index in [2.05, 4.69) is 69.0 Å². The molecule has 0 unspecified atom stereocenters. The van der Waals surface area contributed by atoms with Crippen LogP contribution in [0.5, 0.6) is 0 Å². The number of piperidine rings is 3. The molecule has 0 radical (unpaired) electrons. The number of rotatable bonds is 7. The molecule has 4 fully saturated rings. The number of likely N-dealkylation sites (N-methyl/N-ethyl adjacent to an activating group) is 1. The van der Waals surface area contributed by atoms with Gasteiger partial charge in [0.15, 0.2) is 0 Å². The maximum absolute atomic E-state index is 13.6. The molecule has 12 nitrogen and oxygen atoms in total. The highest BCUT2D eigenvalue weighted by Gasteiger charge is 2.39. The maximum Gasteiger partial charge on any atom is 0.324 e. The molecule has 51 heavy (non-hydrogen) atoms. The third-order valence-electron chi connectivity index (χ3n) is 11.5. The molecule has 0 saturated carbocycles. The van der Waals surface area contributed by atoms with Gasteiger partial charge in [-0.15, -0.1) is 0 Å². The number of benzene rings is 2. The summed E-state index contributed by atoms with van der Waals surface area (Å²) in [6.45, 7) is 6.23. The molecular formula is C38H47ClN8O4. The van der Waals surface area contributed by atoms with E-state index in [-0.39, 0.29) is 45.8 Å². The van der Waals surface area contributed by atoms with Crippen molar-refractivity contribution in [3.05, 3.63) is 86.8 Å². The molecule has 2 atom stereocenters. The van der Waals surface area contributed by atoms with Crippen molar-refractivity contribution in [2.45, 2.75) is 57.0 Å². The average Bonchev–Trinajstić information content (AvgIpc) is 3.14. The first kappa shape index (κ1) is 35.0. The van der Waals surface area contributed by atoms with Gasteiger partial charge in [-0.3, -0.25) is 19.7 Å². The number of aryl methyl sites for hydroxylation is 1. The first-order valence-electron chi connectivity index (χ1n) is 18.0. The Morgan fingerprint density at radius 2 is 1.61 bits per heavy atom. The zero-order valence-corrected chi connectivity index (χ0v) is 30.2. The molecule has 0 aliphatic carbocycles. The number of likely N-dealkylation sites (tertiary alicyclic amines) is 2. The van der Waals surface area contributed by atoms with Gasteiger partial charge in [-0.25, -0.2) is 9.48 Å². The third kappa shape index (κ3) is 7.77. The minimum atomic E-state index is -0.321. The van der Waals surface area contributed by atoms with Crippen LogP contribution in [-0.2, 0) is 18.4 Å². The summed E-state index contributed by atoms with van der Waals surface area (Å²) in [4.78, 5) is 57.8. The van der Waals surface area contributed by atoms with Crippen LogP contribution in [0.1, 0.15) is 65.9 Å². The first-order chi connectivity index (χ1) is 24.6. The molecule has 4 aliphatic heterocycles. The van der Waals surface area contributed by atoms with Gasteiger partial charge in [-0.2, -0.15) is 5.10 Å². The highest BCUT2D eigenvalue weighted by molar-refractivity contribution is 6.32. The van der Waals surface area contributed by atoms with Gasteiger partial charge in [-0.05, 0) is 85.9 Å². The molecule has 2 aromatic carbocycles. The number of anilines is 2. The number of halogens is 1. The van der Waals surface area contributed by atoms with Crippen LogP contribution in [0.3, 0.4) is 0 Å². The molecule has 4 saturated heterocycles. The lowest BCUT2D eigenvalue weighted by Crippen LogP contribution is -2.48. The van der Waals surface area contributed by atoms with Crippen LogP contribution in [-0.4, -0.2) is 101 Å². The molecule has 1 spiro atoms. The Morgan fingerprint density at radius 3 is 2.29 bits per heavy atom.